The minimum absolute atomic E-state index is 0.191. The van der Waals surface area contributed by atoms with E-state index in [0.29, 0.717) is 32.7 Å². The van der Waals surface area contributed by atoms with E-state index in [-0.39, 0.29) is 12.5 Å². The van der Waals surface area contributed by atoms with E-state index in [9.17, 15) is 9.59 Å². The third kappa shape index (κ3) is 14.7. The molecule has 0 aliphatic heterocycles. The van der Waals surface area contributed by atoms with Gasteiger partial charge in [0, 0.05) is 26.1 Å². The molecule has 20 heavy (non-hydrogen) atoms. The van der Waals surface area contributed by atoms with E-state index in [4.69, 9.17) is 9.84 Å². The van der Waals surface area contributed by atoms with Crippen molar-refractivity contribution in [1.29, 1.82) is 0 Å². The first kappa shape index (κ1) is 18.7. The average Bonchev–Trinajstić information content (AvgIpc) is 2.37. The van der Waals surface area contributed by atoms with Crippen molar-refractivity contribution in [3.8, 4) is 0 Å². The third-order valence-electron chi connectivity index (χ3n) is 2.57. The Bertz CT molecular complexity index is 272. The number of amides is 2. The van der Waals surface area contributed by atoms with Crippen LogP contribution in [0.1, 0.15) is 25.7 Å². The number of ether oxygens (including phenoxy) is 1. The largest absolute Gasteiger partial charge is 0.481 e. The second-order valence-corrected chi connectivity index (χ2v) is 4.80. The number of hydrogen-bond donors (Lipinski definition) is 3. The molecule has 0 unspecified atom stereocenters. The summed E-state index contributed by atoms with van der Waals surface area (Å²) >= 11 is 0. The first-order valence-corrected chi connectivity index (χ1v) is 6.98. The van der Waals surface area contributed by atoms with Gasteiger partial charge in [-0.2, -0.15) is 0 Å². The standard InChI is InChI=1S/C13H27N3O4/c1-16(2)9-11-20-10-8-15-13(19)14-7-5-3-4-6-12(17)18/h3-11H2,1-2H3,(H,17,18)(H2,14,15,19). The molecule has 7 nitrogen and oxygen atoms in total. The lowest BCUT2D eigenvalue weighted by molar-refractivity contribution is -0.137. The van der Waals surface area contributed by atoms with E-state index in [0.717, 1.165) is 19.4 Å². The van der Waals surface area contributed by atoms with Crippen molar-refractivity contribution < 1.29 is 19.4 Å². The van der Waals surface area contributed by atoms with Crippen molar-refractivity contribution in [3.05, 3.63) is 0 Å². The number of urea groups is 1. The van der Waals surface area contributed by atoms with Gasteiger partial charge in [-0.1, -0.05) is 6.42 Å². The Labute approximate surface area is 120 Å². The first-order valence-electron chi connectivity index (χ1n) is 6.98. The van der Waals surface area contributed by atoms with E-state index in [1.807, 2.05) is 19.0 Å². The van der Waals surface area contributed by atoms with Crippen molar-refractivity contribution in [2.45, 2.75) is 25.7 Å². The van der Waals surface area contributed by atoms with Gasteiger partial charge in [-0.3, -0.25) is 4.79 Å². The molecule has 0 aromatic heterocycles. The van der Waals surface area contributed by atoms with Gasteiger partial charge in [0.1, 0.15) is 0 Å². The van der Waals surface area contributed by atoms with Gasteiger partial charge in [0.2, 0.25) is 0 Å². The number of rotatable bonds is 12. The van der Waals surface area contributed by atoms with E-state index in [1.54, 1.807) is 0 Å². The van der Waals surface area contributed by atoms with Gasteiger partial charge in [-0.25, -0.2) is 4.79 Å². The highest BCUT2D eigenvalue weighted by Gasteiger charge is 2.00. The summed E-state index contributed by atoms with van der Waals surface area (Å²) in [6.45, 7) is 3.06. The lowest BCUT2D eigenvalue weighted by Gasteiger charge is -2.10. The van der Waals surface area contributed by atoms with Crippen molar-refractivity contribution in [2.75, 3.05) is 46.9 Å². The number of aliphatic carboxylic acids is 1. The zero-order valence-corrected chi connectivity index (χ0v) is 12.5. The Balaban J connectivity index is 3.23. The molecule has 0 aromatic rings. The molecule has 0 spiro atoms. The van der Waals surface area contributed by atoms with Gasteiger partial charge < -0.3 is 25.4 Å². The summed E-state index contributed by atoms with van der Waals surface area (Å²) < 4.78 is 5.34. The van der Waals surface area contributed by atoms with Crippen molar-refractivity contribution in [2.24, 2.45) is 0 Å². The number of carbonyl (C=O) groups is 2. The average molecular weight is 289 g/mol. The van der Waals surface area contributed by atoms with Gasteiger partial charge in [-0.05, 0) is 26.9 Å². The molecule has 0 saturated heterocycles. The van der Waals surface area contributed by atoms with E-state index in [2.05, 4.69) is 10.6 Å². The molecule has 3 N–H and O–H groups in total. The van der Waals surface area contributed by atoms with Crippen molar-refractivity contribution >= 4 is 12.0 Å². The second-order valence-electron chi connectivity index (χ2n) is 4.80. The summed E-state index contributed by atoms with van der Waals surface area (Å²) in [5.74, 6) is -0.773. The summed E-state index contributed by atoms with van der Waals surface area (Å²) in [6, 6.07) is -0.209. The fourth-order valence-electron chi connectivity index (χ4n) is 1.43. The molecular formula is C13H27N3O4. The lowest BCUT2D eigenvalue weighted by atomic mass is 10.2. The molecule has 0 fully saturated rings. The van der Waals surface area contributed by atoms with Crippen LogP contribution in [0.25, 0.3) is 0 Å². The van der Waals surface area contributed by atoms with E-state index in [1.165, 1.54) is 0 Å². The maximum absolute atomic E-state index is 11.3. The monoisotopic (exact) mass is 289 g/mol. The minimum Gasteiger partial charge on any atom is -0.481 e. The zero-order chi connectivity index (χ0) is 15.2. The first-order chi connectivity index (χ1) is 9.52. The van der Waals surface area contributed by atoms with Crippen LogP contribution >= 0.6 is 0 Å². The normalized spacial score (nSPS) is 10.6. The van der Waals surface area contributed by atoms with Crippen LogP contribution in [0.15, 0.2) is 0 Å². The van der Waals surface area contributed by atoms with Crippen molar-refractivity contribution in [1.82, 2.24) is 15.5 Å². The molecule has 2 amide bonds. The molecule has 0 aliphatic rings. The van der Waals surface area contributed by atoms with Crippen LogP contribution in [0, 0.1) is 0 Å². The molecule has 0 aromatic carbocycles. The molecule has 0 atom stereocenters. The Kier molecular flexibility index (Phi) is 11.8. The Morgan fingerprint density at radius 1 is 1.05 bits per heavy atom. The molecule has 0 heterocycles. The molecule has 0 radical (unpaired) electrons. The van der Waals surface area contributed by atoms with Crippen LogP contribution in [-0.4, -0.2) is 69.0 Å². The molecule has 0 rings (SSSR count). The topological polar surface area (TPSA) is 90.9 Å². The van der Waals surface area contributed by atoms with Crippen LogP contribution in [0.3, 0.4) is 0 Å². The summed E-state index contributed by atoms with van der Waals surface area (Å²) in [7, 11) is 3.96. The molecular weight excluding hydrogens is 262 g/mol. The maximum Gasteiger partial charge on any atom is 0.314 e. The highest BCUT2D eigenvalue weighted by molar-refractivity contribution is 5.73. The Morgan fingerprint density at radius 3 is 2.40 bits per heavy atom. The highest BCUT2D eigenvalue weighted by atomic mass is 16.5. The maximum atomic E-state index is 11.3. The number of nitrogens with one attached hydrogen (secondary N) is 2. The van der Waals surface area contributed by atoms with E-state index >= 15 is 0 Å². The van der Waals surface area contributed by atoms with Gasteiger partial charge in [0.25, 0.3) is 0 Å². The fraction of sp³-hybridized carbons (Fsp3) is 0.846. The zero-order valence-electron chi connectivity index (χ0n) is 12.5. The van der Waals surface area contributed by atoms with Crippen molar-refractivity contribution in [3.63, 3.8) is 0 Å². The number of hydrogen-bond acceptors (Lipinski definition) is 4. The predicted molar refractivity (Wildman–Crippen MR) is 76.9 cm³/mol. The summed E-state index contributed by atoms with van der Waals surface area (Å²) in [5.41, 5.74) is 0. The van der Waals surface area contributed by atoms with Crippen LogP contribution < -0.4 is 10.6 Å². The molecule has 7 heteroatoms. The molecule has 0 bridgehead atoms. The van der Waals surface area contributed by atoms with Gasteiger partial charge >= 0.3 is 12.0 Å². The summed E-state index contributed by atoms with van der Waals surface area (Å²) in [6.07, 6.45) is 2.44. The van der Waals surface area contributed by atoms with Gasteiger partial charge in [-0.15, -0.1) is 0 Å². The van der Waals surface area contributed by atoms with Gasteiger partial charge in [0.05, 0.1) is 13.2 Å². The number of nitrogens with zero attached hydrogens (tertiary/aromatic N) is 1. The number of carbonyl (C=O) groups excluding carboxylic acids is 1. The number of unbranched alkanes of at least 4 members (excludes halogenated alkanes) is 2. The van der Waals surface area contributed by atoms with Crippen LogP contribution in [-0.2, 0) is 9.53 Å². The fourth-order valence-corrected chi connectivity index (χ4v) is 1.43. The van der Waals surface area contributed by atoms with Crippen LogP contribution in [0.5, 0.6) is 0 Å². The van der Waals surface area contributed by atoms with Gasteiger partial charge in [0.15, 0.2) is 0 Å². The Morgan fingerprint density at radius 2 is 1.75 bits per heavy atom. The quantitative estimate of drug-likeness (QED) is 0.455. The SMILES string of the molecule is CN(C)CCOCCNC(=O)NCCCCCC(=O)O. The second kappa shape index (κ2) is 12.7. The Hall–Kier alpha value is -1.34. The summed E-state index contributed by atoms with van der Waals surface area (Å²) in [5, 5.41) is 13.9. The lowest BCUT2D eigenvalue weighted by Crippen LogP contribution is -2.38. The molecule has 0 saturated carbocycles. The van der Waals surface area contributed by atoms with Crippen LogP contribution in [0.2, 0.25) is 0 Å². The van der Waals surface area contributed by atoms with Crippen LogP contribution in [0.4, 0.5) is 4.79 Å². The highest BCUT2D eigenvalue weighted by Crippen LogP contribution is 1.98. The third-order valence-corrected chi connectivity index (χ3v) is 2.57. The smallest absolute Gasteiger partial charge is 0.314 e. The number of likely N-dealkylation sites (N-methyl/N-ethyl adjacent to an activating group) is 1. The van der Waals surface area contributed by atoms with E-state index < -0.39 is 5.97 Å². The predicted octanol–water partition coefficient (Wildman–Crippen LogP) is 0.509. The number of carboxylic acid groups (broad SMARTS) is 1. The number of carboxylic acids is 1. The molecule has 0 aliphatic carbocycles. The minimum atomic E-state index is -0.773. The summed E-state index contributed by atoms with van der Waals surface area (Å²) in [4.78, 5) is 23.7. The molecule has 118 valence electrons.